The first-order valence-electron chi connectivity index (χ1n) is 17.8. The van der Waals surface area contributed by atoms with E-state index in [4.69, 9.17) is 4.74 Å². The Labute approximate surface area is 293 Å². The van der Waals surface area contributed by atoms with Crippen molar-refractivity contribution in [3.05, 3.63) is 42.0 Å². The number of carbonyl (C=O) groups is 4. The Kier molecular flexibility index (Phi) is 9.67. The molecular weight excluding hydrogens is 688 g/mol. The van der Waals surface area contributed by atoms with Crippen molar-refractivity contribution in [2.45, 2.75) is 112 Å². The number of hydrogen-bond acceptors (Lipinski definition) is 10. The molecule has 7 rings (SSSR count). The van der Waals surface area contributed by atoms with E-state index in [-0.39, 0.29) is 43.3 Å². The lowest BCUT2D eigenvalue weighted by Crippen LogP contribution is -2.57. The van der Waals surface area contributed by atoms with Crippen LogP contribution in [0.5, 0.6) is 0 Å². The maximum Gasteiger partial charge on any atom is 0.318 e. The number of ether oxygens (including phenoxy) is 1. The predicted octanol–water partition coefficient (Wildman–Crippen LogP) is 2.87. The van der Waals surface area contributed by atoms with E-state index in [0.717, 1.165) is 37.8 Å². The second-order valence-electron chi connectivity index (χ2n) is 14.4. The van der Waals surface area contributed by atoms with Gasteiger partial charge in [-0.25, -0.2) is 17.2 Å². The van der Waals surface area contributed by atoms with Crippen molar-refractivity contribution in [3.63, 3.8) is 0 Å². The molecule has 3 aliphatic carbocycles. The van der Waals surface area contributed by atoms with Crippen molar-refractivity contribution in [1.82, 2.24) is 35.1 Å². The maximum absolute atomic E-state index is 14.4. The normalized spacial score (nSPS) is 29.6. The summed E-state index contributed by atoms with van der Waals surface area (Å²) < 4.78 is 61.4. The fraction of sp³-hybridized carbons (Fsp3) is 0.618. The highest BCUT2D eigenvalue weighted by molar-refractivity contribution is 7.91. The summed E-state index contributed by atoms with van der Waals surface area (Å²) in [5, 5.41) is 14.5. The quantitative estimate of drug-likeness (QED) is 0.244. The second kappa shape index (κ2) is 14.0. The van der Waals surface area contributed by atoms with Crippen molar-refractivity contribution in [2.24, 2.45) is 11.8 Å². The molecule has 5 aliphatic rings. The Balaban J connectivity index is 1.19. The van der Waals surface area contributed by atoms with Gasteiger partial charge in [-0.2, -0.15) is 4.80 Å². The van der Waals surface area contributed by atoms with Crippen LogP contribution in [-0.4, -0.2) is 86.7 Å². The van der Waals surface area contributed by atoms with E-state index in [2.05, 4.69) is 25.4 Å². The topological polar surface area (TPSA) is 183 Å². The highest BCUT2D eigenvalue weighted by Gasteiger charge is 2.62. The molecule has 3 heterocycles. The van der Waals surface area contributed by atoms with E-state index in [9.17, 15) is 36.4 Å². The first kappa shape index (κ1) is 35.1. The van der Waals surface area contributed by atoms with Gasteiger partial charge in [0.15, 0.2) is 0 Å². The summed E-state index contributed by atoms with van der Waals surface area (Å²) in [6.07, 6.45) is 10.7. The Morgan fingerprint density at radius 3 is 2.43 bits per heavy atom. The molecule has 2 aromatic rings. The lowest BCUT2D eigenvalue weighted by Gasteiger charge is -2.29. The summed E-state index contributed by atoms with van der Waals surface area (Å²) >= 11 is 0. The number of allylic oxidation sites excluding steroid dienone is 1. The Hall–Kier alpha value is -4.28. The van der Waals surface area contributed by atoms with E-state index in [1.807, 2.05) is 12.2 Å². The molecule has 2 N–H and O–H groups in total. The zero-order chi connectivity index (χ0) is 35.9. The van der Waals surface area contributed by atoms with Crippen LogP contribution < -0.4 is 10.0 Å². The molecule has 274 valence electrons. The summed E-state index contributed by atoms with van der Waals surface area (Å²) in [7, 11) is -3.92. The largest absolute Gasteiger partial charge is 0.462 e. The van der Waals surface area contributed by atoms with Gasteiger partial charge in [-0.1, -0.05) is 25.0 Å². The predicted molar refractivity (Wildman–Crippen MR) is 175 cm³/mol. The molecule has 0 bridgehead atoms. The first-order valence-corrected chi connectivity index (χ1v) is 19.3. The Bertz CT molecular complexity index is 1820. The number of hydrogen-bond donors (Lipinski definition) is 2. The van der Waals surface area contributed by atoms with Gasteiger partial charge in [-0.3, -0.25) is 23.9 Å². The number of aromatic nitrogens is 4. The van der Waals surface area contributed by atoms with Gasteiger partial charge >= 0.3 is 5.97 Å². The molecule has 3 amide bonds. The molecule has 1 aromatic heterocycles. The molecule has 0 spiro atoms. The third kappa shape index (κ3) is 7.53. The molecule has 51 heavy (non-hydrogen) atoms. The number of nitrogens with zero attached hydrogens (tertiary/aromatic N) is 5. The number of halogens is 2. The van der Waals surface area contributed by atoms with Gasteiger partial charge in [0.05, 0.1) is 11.3 Å². The number of tetrazole rings is 1. The number of carbonyl (C=O) groups excluding carboxylic acids is 4. The van der Waals surface area contributed by atoms with Gasteiger partial charge in [0.2, 0.25) is 27.7 Å². The Morgan fingerprint density at radius 2 is 1.71 bits per heavy atom. The highest BCUT2D eigenvalue weighted by atomic mass is 32.2. The lowest BCUT2D eigenvalue weighted by atomic mass is 9.98. The minimum absolute atomic E-state index is 0.0390. The van der Waals surface area contributed by atoms with Crippen LogP contribution in [0.1, 0.15) is 89.5 Å². The third-order valence-electron chi connectivity index (χ3n) is 10.6. The second-order valence-corrected chi connectivity index (χ2v) is 16.4. The van der Waals surface area contributed by atoms with Crippen molar-refractivity contribution >= 4 is 33.7 Å². The van der Waals surface area contributed by atoms with Crippen LogP contribution in [-0.2, 0) is 33.9 Å². The molecule has 5 atom stereocenters. The standard InChI is InChI=1S/C34H41F2N7O7S/c35-22-14-20(15-23(36)16-22)29-38-41-43(39-29)24-17-28-30(44)37-34(33(47)40-51(48,49)26-12-13-26)18-21(34)8-4-2-1-3-5-11-27(31(45)42(28)19-24)32(46)50-25-9-6-7-10-25/h4,8,14-16,21,24-28H,1-3,5-7,9-13,17-19H2,(H,37,44)(H,40,47)/b8-4-/t21-,24+,27-,28-,34+/m0/s1. The number of amides is 3. The summed E-state index contributed by atoms with van der Waals surface area (Å²) in [4.78, 5) is 58.3. The fourth-order valence-corrected chi connectivity index (χ4v) is 8.83. The molecule has 1 aromatic carbocycles. The van der Waals surface area contributed by atoms with Gasteiger partial charge in [0.25, 0.3) is 5.91 Å². The van der Waals surface area contributed by atoms with Crippen molar-refractivity contribution < 1.29 is 41.1 Å². The molecule has 3 saturated carbocycles. The van der Waals surface area contributed by atoms with E-state index in [0.29, 0.717) is 44.6 Å². The maximum atomic E-state index is 14.4. The third-order valence-corrected chi connectivity index (χ3v) is 12.4. The minimum atomic E-state index is -3.92. The number of benzene rings is 1. The van der Waals surface area contributed by atoms with Crippen LogP contribution >= 0.6 is 0 Å². The number of nitrogens with one attached hydrogen (secondary N) is 2. The molecule has 0 unspecified atom stereocenters. The molecule has 4 fully saturated rings. The van der Waals surface area contributed by atoms with Gasteiger partial charge in [-0.15, -0.1) is 10.2 Å². The number of sulfonamides is 1. The molecule has 17 heteroatoms. The van der Waals surface area contributed by atoms with Gasteiger partial charge in [0, 0.05) is 30.5 Å². The van der Waals surface area contributed by atoms with Crippen LogP contribution in [0.2, 0.25) is 0 Å². The molecule has 2 aliphatic heterocycles. The number of rotatable bonds is 7. The first-order chi connectivity index (χ1) is 24.4. The van der Waals surface area contributed by atoms with Gasteiger partial charge in [-0.05, 0) is 81.6 Å². The van der Waals surface area contributed by atoms with Gasteiger partial charge < -0.3 is 15.0 Å². The van der Waals surface area contributed by atoms with Crippen LogP contribution in [0, 0.1) is 23.5 Å². The smallest absolute Gasteiger partial charge is 0.318 e. The van der Waals surface area contributed by atoms with E-state index in [1.54, 1.807) is 0 Å². The summed E-state index contributed by atoms with van der Waals surface area (Å²) in [5.41, 5.74) is -1.51. The summed E-state index contributed by atoms with van der Waals surface area (Å²) in [6.45, 7) is -0.115. The summed E-state index contributed by atoms with van der Waals surface area (Å²) in [5.74, 6) is -6.18. The van der Waals surface area contributed by atoms with E-state index >= 15 is 0 Å². The van der Waals surface area contributed by atoms with Crippen molar-refractivity contribution in [1.29, 1.82) is 0 Å². The fourth-order valence-electron chi connectivity index (χ4n) is 7.46. The Morgan fingerprint density at radius 1 is 0.980 bits per heavy atom. The van der Waals surface area contributed by atoms with E-state index in [1.165, 1.54) is 9.70 Å². The average Bonchev–Trinajstić information content (AvgIpc) is 3.82. The molecule has 14 nitrogen and oxygen atoms in total. The van der Waals surface area contributed by atoms with Crippen LogP contribution in [0.15, 0.2) is 30.4 Å². The van der Waals surface area contributed by atoms with Crippen LogP contribution in [0.25, 0.3) is 11.4 Å². The summed E-state index contributed by atoms with van der Waals surface area (Å²) in [6, 6.07) is 0.864. The van der Waals surface area contributed by atoms with Gasteiger partial charge in [0.1, 0.15) is 35.2 Å². The molecular formula is C34H41F2N7O7S. The zero-order valence-electron chi connectivity index (χ0n) is 28.0. The molecule has 1 saturated heterocycles. The van der Waals surface area contributed by atoms with Crippen LogP contribution in [0.3, 0.4) is 0 Å². The average molecular weight is 730 g/mol. The van der Waals surface area contributed by atoms with E-state index < -0.39 is 80.1 Å². The number of esters is 1. The molecule has 0 radical (unpaired) electrons. The minimum Gasteiger partial charge on any atom is -0.462 e. The van der Waals surface area contributed by atoms with Crippen LogP contribution in [0.4, 0.5) is 8.78 Å². The SMILES string of the molecule is O=C(OC1CCCC1)[C@H]1CCCCC/C=C\[C@H]2C[C@@]2(C(=O)NS(=O)(=O)C2CC2)NC(=O)[C@@H]2C[C@@H](n3nnc(-c4cc(F)cc(F)c4)n3)CN2C1=O. The lowest BCUT2D eigenvalue weighted by molar-refractivity contribution is -0.161. The highest BCUT2D eigenvalue weighted by Crippen LogP contribution is 2.46. The van der Waals surface area contributed by atoms with Crippen molar-refractivity contribution in [2.75, 3.05) is 6.54 Å². The zero-order valence-corrected chi connectivity index (χ0v) is 28.8. The monoisotopic (exact) mass is 729 g/mol. The van der Waals surface area contributed by atoms with Crippen molar-refractivity contribution in [3.8, 4) is 11.4 Å². The number of fused-ring (bicyclic) bond motifs is 2.